The number of Topliss-reactive ketones (excluding diaryl/α,β-unsaturated/α-hetero) is 1. The van der Waals surface area contributed by atoms with Crippen molar-refractivity contribution in [3.8, 4) is 0 Å². The molecule has 2 aromatic rings. The van der Waals surface area contributed by atoms with Gasteiger partial charge in [-0.2, -0.15) is 0 Å². The lowest BCUT2D eigenvalue weighted by molar-refractivity contribution is 0.0485. The van der Waals surface area contributed by atoms with Gasteiger partial charge in [-0.3, -0.25) is 4.79 Å². The van der Waals surface area contributed by atoms with E-state index in [0.29, 0.717) is 6.61 Å². The van der Waals surface area contributed by atoms with Crippen LogP contribution in [0.1, 0.15) is 47.2 Å². The third kappa shape index (κ3) is 3.61. The standard InChI is InChI=1S/C23H25NO3/c1-16-7-5-6-10-21(16)22(25)18-13-19-11-12-20(14-18)24(19)23(26)27-15-17-8-3-2-4-9-17/h2-10,18-20H,11-15H2,1H3. The Bertz CT molecular complexity index is 819. The first-order valence-corrected chi connectivity index (χ1v) is 9.72. The molecule has 2 atom stereocenters. The van der Waals surface area contributed by atoms with Gasteiger partial charge in [0.15, 0.2) is 5.78 Å². The first-order valence-electron chi connectivity index (χ1n) is 9.72. The third-order valence-corrected chi connectivity index (χ3v) is 5.93. The minimum absolute atomic E-state index is 0.00164. The van der Waals surface area contributed by atoms with Gasteiger partial charge in [-0.15, -0.1) is 0 Å². The Morgan fingerprint density at radius 1 is 0.963 bits per heavy atom. The van der Waals surface area contributed by atoms with Crippen LogP contribution in [0.3, 0.4) is 0 Å². The van der Waals surface area contributed by atoms with Gasteiger partial charge in [0.25, 0.3) is 0 Å². The topological polar surface area (TPSA) is 46.6 Å². The predicted octanol–water partition coefficient (Wildman–Crippen LogP) is 4.76. The number of aryl methyl sites for hydroxylation is 1. The minimum atomic E-state index is -0.242. The highest BCUT2D eigenvalue weighted by Crippen LogP contribution is 2.40. The summed E-state index contributed by atoms with van der Waals surface area (Å²) in [6, 6.07) is 17.7. The zero-order valence-electron chi connectivity index (χ0n) is 15.6. The number of benzene rings is 2. The summed E-state index contributed by atoms with van der Waals surface area (Å²) < 4.78 is 5.55. The van der Waals surface area contributed by atoms with Crippen LogP contribution in [-0.2, 0) is 11.3 Å². The van der Waals surface area contributed by atoms with Gasteiger partial charge in [0.1, 0.15) is 6.61 Å². The molecular formula is C23H25NO3. The van der Waals surface area contributed by atoms with Gasteiger partial charge in [-0.05, 0) is 43.7 Å². The highest BCUT2D eigenvalue weighted by Gasteiger charge is 2.46. The smallest absolute Gasteiger partial charge is 0.410 e. The molecule has 140 valence electrons. The predicted molar refractivity (Wildman–Crippen MR) is 104 cm³/mol. The molecule has 4 rings (SSSR count). The number of ether oxygens (including phenoxy) is 1. The third-order valence-electron chi connectivity index (χ3n) is 5.93. The number of piperidine rings is 1. The van der Waals surface area contributed by atoms with Crippen molar-refractivity contribution in [3.05, 3.63) is 71.3 Å². The van der Waals surface area contributed by atoms with E-state index in [4.69, 9.17) is 4.74 Å². The molecule has 27 heavy (non-hydrogen) atoms. The Morgan fingerprint density at radius 3 is 2.26 bits per heavy atom. The van der Waals surface area contributed by atoms with Crippen molar-refractivity contribution in [2.24, 2.45) is 5.92 Å². The molecule has 2 aliphatic rings. The van der Waals surface area contributed by atoms with Crippen molar-refractivity contribution in [2.45, 2.75) is 51.3 Å². The second-order valence-corrected chi connectivity index (χ2v) is 7.68. The zero-order valence-corrected chi connectivity index (χ0v) is 15.6. The van der Waals surface area contributed by atoms with Crippen LogP contribution in [0, 0.1) is 12.8 Å². The largest absolute Gasteiger partial charge is 0.445 e. The fourth-order valence-electron chi connectivity index (χ4n) is 4.55. The first kappa shape index (κ1) is 17.8. The van der Waals surface area contributed by atoms with Crippen LogP contribution in [0.4, 0.5) is 4.79 Å². The Morgan fingerprint density at radius 2 is 1.59 bits per heavy atom. The molecule has 2 fully saturated rings. The second kappa shape index (κ2) is 7.55. The summed E-state index contributed by atoms with van der Waals surface area (Å²) in [5.74, 6) is 0.226. The van der Waals surface area contributed by atoms with Crippen molar-refractivity contribution in [3.63, 3.8) is 0 Å². The number of hydrogen-bond acceptors (Lipinski definition) is 3. The maximum Gasteiger partial charge on any atom is 0.410 e. The molecule has 0 aliphatic carbocycles. The maximum atomic E-state index is 13.0. The van der Waals surface area contributed by atoms with E-state index in [9.17, 15) is 9.59 Å². The average molecular weight is 363 g/mol. The summed E-state index contributed by atoms with van der Waals surface area (Å²) in [7, 11) is 0. The molecule has 4 heteroatoms. The summed E-state index contributed by atoms with van der Waals surface area (Å²) in [4.78, 5) is 27.5. The minimum Gasteiger partial charge on any atom is -0.445 e. The fourth-order valence-corrected chi connectivity index (χ4v) is 4.55. The van der Waals surface area contributed by atoms with Crippen LogP contribution in [0.15, 0.2) is 54.6 Å². The van der Waals surface area contributed by atoms with Crippen LogP contribution < -0.4 is 0 Å². The van der Waals surface area contributed by atoms with E-state index < -0.39 is 0 Å². The van der Waals surface area contributed by atoms with Crippen molar-refractivity contribution in [2.75, 3.05) is 0 Å². The quantitative estimate of drug-likeness (QED) is 0.736. The number of ketones is 1. The Balaban J connectivity index is 1.41. The lowest BCUT2D eigenvalue weighted by Crippen LogP contribution is -2.48. The SMILES string of the molecule is Cc1ccccc1C(=O)C1CC2CCC(C1)N2C(=O)OCc1ccccc1. The van der Waals surface area contributed by atoms with E-state index in [1.54, 1.807) is 0 Å². The molecule has 2 unspecified atom stereocenters. The van der Waals surface area contributed by atoms with Crippen LogP contribution >= 0.6 is 0 Å². The van der Waals surface area contributed by atoms with Crippen molar-refractivity contribution in [1.29, 1.82) is 0 Å². The van der Waals surface area contributed by atoms with Crippen LogP contribution in [0.2, 0.25) is 0 Å². The fraction of sp³-hybridized carbons (Fsp3) is 0.391. The Labute approximate surface area is 160 Å². The first-order chi connectivity index (χ1) is 13.1. The van der Waals surface area contributed by atoms with Gasteiger partial charge in [0.2, 0.25) is 0 Å². The van der Waals surface area contributed by atoms with E-state index in [1.165, 1.54) is 0 Å². The lowest BCUT2D eigenvalue weighted by Gasteiger charge is -2.37. The Kier molecular flexibility index (Phi) is 4.97. The molecule has 2 aliphatic heterocycles. The lowest BCUT2D eigenvalue weighted by atomic mass is 9.84. The van der Waals surface area contributed by atoms with E-state index in [-0.39, 0.29) is 29.9 Å². The Hall–Kier alpha value is -2.62. The maximum absolute atomic E-state index is 13.0. The summed E-state index contributed by atoms with van der Waals surface area (Å²) in [5.41, 5.74) is 2.84. The molecule has 1 amide bonds. The number of hydrogen-bond donors (Lipinski definition) is 0. The van der Waals surface area contributed by atoms with Gasteiger partial charge in [0.05, 0.1) is 0 Å². The van der Waals surface area contributed by atoms with Gasteiger partial charge in [0, 0.05) is 23.6 Å². The van der Waals surface area contributed by atoms with Crippen molar-refractivity contribution in [1.82, 2.24) is 4.90 Å². The molecule has 4 nitrogen and oxygen atoms in total. The summed E-state index contributed by atoms with van der Waals surface area (Å²) >= 11 is 0. The van der Waals surface area contributed by atoms with E-state index >= 15 is 0 Å². The molecule has 2 aromatic carbocycles. The molecule has 2 saturated heterocycles. The molecule has 0 aromatic heterocycles. The van der Waals surface area contributed by atoms with Gasteiger partial charge >= 0.3 is 6.09 Å². The monoisotopic (exact) mass is 363 g/mol. The average Bonchev–Trinajstić information content (AvgIpc) is 2.96. The highest BCUT2D eigenvalue weighted by atomic mass is 16.6. The summed E-state index contributed by atoms with van der Waals surface area (Å²) in [6.07, 6.45) is 3.16. The van der Waals surface area contributed by atoms with Crippen LogP contribution in [-0.4, -0.2) is 28.9 Å². The molecular weight excluding hydrogens is 338 g/mol. The summed E-state index contributed by atoms with van der Waals surface area (Å²) in [5, 5.41) is 0. The zero-order chi connectivity index (χ0) is 18.8. The number of nitrogens with zero attached hydrogens (tertiary/aromatic N) is 1. The number of carbonyl (C=O) groups is 2. The van der Waals surface area contributed by atoms with Gasteiger partial charge < -0.3 is 9.64 Å². The van der Waals surface area contributed by atoms with Crippen molar-refractivity contribution >= 4 is 11.9 Å². The van der Waals surface area contributed by atoms with Gasteiger partial charge in [-0.1, -0.05) is 54.6 Å². The number of carbonyl (C=O) groups excluding carboxylic acids is 2. The van der Waals surface area contributed by atoms with Crippen LogP contribution in [0.25, 0.3) is 0 Å². The number of amides is 1. The molecule has 2 bridgehead atoms. The molecule has 0 N–H and O–H groups in total. The molecule has 0 radical (unpaired) electrons. The van der Waals surface area contributed by atoms with E-state index in [1.807, 2.05) is 66.4 Å². The van der Waals surface area contributed by atoms with E-state index in [2.05, 4.69) is 0 Å². The normalized spacial score (nSPS) is 23.9. The molecule has 0 saturated carbocycles. The van der Waals surface area contributed by atoms with Crippen molar-refractivity contribution < 1.29 is 14.3 Å². The highest BCUT2D eigenvalue weighted by molar-refractivity contribution is 5.99. The van der Waals surface area contributed by atoms with Gasteiger partial charge in [-0.25, -0.2) is 4.79 Å². The van der Waals surface area contributed by atoms with Crippen LogP contribution in [0.5, 0.6) is 0 Å². The molecule has 2 heterocycles. The summed E-state index contributed by atoms with van der Waals surface area (Å²) in [6.45, 7) is 2.28. The van der Waals surface area contributed by atoms with E-state index in [0.717, 1.165) is 42.4 Å². The second-order valence-electron chi connectivity index (χ2n) is 7.68. The number of fused-ring (bicyclic) bond motifs is 2. The number of rotatable bonds is 4. The molecule has 0 spiro atoms.